The molecule has 0 unspecified atom stereocenters. The van der Waals surface area contributed by atoms with Gasteiger partial charge >= 0.3 is 8.56 Å². The molecule has 0 aliphatic heterocycles. The molecule has 0 aromatic heterocycles. The normalized spacial score (nSPS) is 12.7. The number of rotatable bonds is 10. The van der Waals surface area contributed by atoms with Gasteiger partial charge in [-0.05, 0) is 30.3 Å². The van der Waals surface area contributed by atoms with Crippen LogP contribution in [0, 0.1) is 11.8 Å². The summed E-state index contributed by atoms with van der Waals surface area (Å²) >= 11 is 3.50. The third kappa shape index (κ3) is 8.35. The van der Waals surface area contributed by atoms with Crippen molar-refractivity contribution in [1.29, 1.82) is 0 Å². The van der Waals surface area contributed by atoms with Crippen LogP contribution in [-0.2, 0) is 8.85 Å². The van der Waals surface area contributed by atoms with Crippen molar-refractivity contribution in [3.05, 3.63) is 0 Å². The molecule has 0 aliphatic rings. The highest BCUT2D eigenvalue weighted by Crippen LogP contribution is 2.23. The molecular formula is C13H29BrO2Si. The summed E-state index contributed by atoms with van der Waals surface area (Å²) in [5, 5.41) is 1.04. The number of hydrogen-bond donors (Lipinski definition) is 0. The van der Waals surface area contributed by atoms with Crippen LogP contribution in [0.3, 0.4) is 0 Å². The summed E-state index contributed by atoms with van der Waals surface area (Å²) in [6.07, 6.45) is 1.15. The predicted octanol–water partition coefficient (Wildman–Crippen LogP) is 4.58. The largest absolute Gasteiger partial charge is 0.394 e. The minimum absolute atomic E-state index is 0.583. The molecule has 0 saturated carbocycles. The van der Waals surface area contributed by atoms with Crippen LogP contribution in [-0.4, -0.2) is 27.1 Å². The Hall–Kier alpha value is 0.617. The fourth-order valence-corrected chi connectivity index (χ4v) is 5.46. The zero-order valence-corrected chi connectivity index (χ0v) is 14.7. The number of halogens is 1. The summed E-state index contributed by atoms with van der Waals surface area (Å²) < 4.78 is 12.4. The molecule has 0 atom stereocenters. The monoisotopic (exact) mass is 324 g/mol. The Kier molecular flexibility index (Phi) is 9.88. The Bertz CT molecular complexity index is 174. The maximum absolute atomic E-state index is 6.19. The lowest BCUT2D eigenvalue weighted by atomic mass is 10.2. The summed E-state index contributed by atoms with van der Waals surface area (Å²) in [7, 11) is -1.95. The van der Waals surface area contributed by atoms with Gasteiger partial charge in [0, 0.05) is 18.5 Å². The van der Waals surface area contributed by atoms with E-state index in [9.17, 15) is 0 Å². The van der Waals surface area contributed by atoms with Gasteiger partial charge in [0.1, 0.15) is 0 Å². The molecule has 0 fully saturated rings. The fraction of sp³-hybridized carbons (Fsp3) is 1.00. The van der Waals surface area contributed by atoms with E-state index in [2.05, 4.69) is 50.5 Å². The van der Waals surface area contributed by atoms with Gasteiger partial charge in [0.05, 0.1) is 0 Å². The van der Waals surface area contributed by atoms with Crippen molar-refractivity contribution in [1.82, 2.24) is 0 Å². The maximum Gasteiger partial charge on any atom is 0.337 e. The molecule has 0 spiro atoms. The first-order chi connectivity index (χ1) is 7.95. The molecule has 0 aromatic rings. The van der Waals surface area contributed by atoms with Gasteiger partial charge in [-0.3, -0.25) is 0 Å². The molecular weight excluding hydrogens is 296 g/mol. The summed E-state index contributed by atoms with van der Waals surface area (Å²) in [4.78, 5) is 0. The highest BCUT2D eigenvalue weighted by Gasteiger charge is 2.35. The summed E-state index contributed by atoms with van der Waals surface area (Å²) in [5.74, 6) is 1.17. The van der Waals surface area contributed by atoms with E-state index in [1.807, 2.05) is 0 Å². The zero-order valence-electron chi connectivity index (χ0n) is 12.1. The van der Waals surface area contributed by atoms with Crippen LogP contribution in [0.1, 0.15) is 41.0 Å². The van der Waals surface area contributed by atoms with E-state index in [4.69, 9.17) is 8.85 Å². The molecule has 0 heterocycles. The predicted molar refractivity (Wildman–Crippen MR) is 81.0 cm³/mol. The second-order valence-electron chi connectivity index (χ2n) is 5.47. The van der Waals surface area contributed by atoms with Crippen LogP contribution >= 0.6 is 15.9 Å². The Morgan fingerprint density at radius 1 is 1.00 bits per heavy atom. The molecule has 0 rings (SSSR count). The van der Waals surface area contributed by atoms with E-state index in [0.29, 0.717) is 11.8 Å². The summed E-state index contributed by atoms with van der Waals surface area (Å²) in [6.45, 7) is 12.7. The van der Waals surface area contributed by atoms with Gasteiger partial charge in [-0.1, -0.05) is 50.5 Å². The van der Waals surface area contributed by atoms with Crippen molar-refractivity contribution in [3.8, 4) is 0 Å². The second kappa shape index (κ2) is 9.53. The van der Waals surface area contributed by atoms with E-state index < -0.39 is 8.56 Å². The topological polar surface area (TPSA) is 18.5 Å². The average Bonchev–Trinajstić information content (AvgIpc) is 2.28. The first kappa shape index (κ1) is 17.6. The van der Waals surface area contributed by atoms with Crippen LogP contribution in [0.15, 0.2) is 0 Å². The molecule has 0 radical (unpaired) electrons. The van der Waals surface area contributed by atoms with E-state index in [0.717, 1.165) is 37.1 Å². The third-order valence-electron chi connectivity index (χ3n) is 2.59. The summed E-state index contributed by atoms with van der Waals surface area (Å²) in [6, 6.07) is 2.16. The molecule has 104 valence electrons. The van der Waals surface area contributed by atoms with E-state index >= 15 is 0 Å². The van der Waals surface area contributed by atoms with Crippen LogP contribution in [0.25, 0.3) is 0 Å². The number of alkyl halides is 1. The van der Waals surface area contributed by atoms with Crippen molar-refractivity contribution in [2.75, 3.05) is 18.5 Å². The highest BCUT2D eigenvalue weighted by molar-refractivity contribution is 9.09. The summed E-state index contributed by atoms with van der Waals surface area (Å²) in [5.41, 5.74) is 0. The van der Waals surface area contributed by atoms with E-state index in [-0.39, 0.29) is 0 Å². The third-order valence-corrected chi connectivity index (χ3v) is 6.73. The van der Waals surface area contributed by atoms with Crippen molar-refractivity contribution in [2.24, 2.45) is 11.8 Å². The molecule has 0 bridgehead atoms. The molecule has 0 aromatic carbocycles. The van der Waals surface area contributed by atoms with E-state index in [1.54, 1.807) is 0 Å². The standard InChI is InChI=1S/C13H29BrO2Si/c1-6-17(9-7-8-14,15-10-12(2)3)16-11-13(4)5/h12-13H,6-11H2,1-5H3. The maximum atomic E-state index is 6.19. The van der Waals surface area contributed by atoms with Crippen LogP contribution in [0.5, 0.6) is 0 Å². The van der Waals surface area contributed by atoms with Crippen molar-refractivity contribution >= 4 is 24.5 Å². The molecule has 17 heavy (non-hydrogen) atoms. The molecule has 0 amide bonds. The zero-order chi connectivity index (χ0) is 13.3. The minimum Gasteiger partial charge on any atom is -0.394 e. The quantitative estimate of drug-likeness (QED) is 0.432. The molecule has 0 N–H and O–H groups in total. The molecule has 2 nitrogen and oxygen atoms in total. The Morgan fingerprint density at radius 3 is 1.76 bits per heavy atom. The SMILES string of the molecule is CC[Si](CCCBr)(OCC(C)C)OCC(C)C. The van der Waals surface area contributed by atoms with Gasteiger partial charge in [-0.2, -0.15) is 0 Å². The minimum atomic E-state index is -1.95. The first-order valence-electron chi connectivity index (χ1n) is 6.79. The van der Waals surface area contributed by atoms with Gasteiger partial charge in [0.25, 0.3) is 0 Å². The lowest BCUT2D eigenvalue weighted by Crippen LogP contribution is -2.43. The van der Waals surface area contributed by atoms with Crippen molar-refractivity contribution in [2.45, 2.75) is 53.1 Å². The average molecular weight is 325 g/mol. The molecule has 4 heteroatoms. The molecule has 0 aliphatic carbocycles. The Morgan fingerprint density at radius 2 is 1.47 bits per heavy atom. The van der Waals surface area contributed by atoms with Gasteiger partial charge in [0.15, 0.2) is 0 Å². The number of hydrogen-bond acceptors (Lipinski definition) is 2. The Labute approximate surface area is 117 Å². The Balaban J connectivity index is 4.38. The van der Waals surface area contributed by atoms with Crippen molar-refractivity contribution in [3.63, 3.8) is 0 Å². The van der Waals surface area contributed by atoms with Crippen LogP contribution in [0.2, 0.25) is 12.1 Å². The van der Waals surface area contributed by atoms with Gasteiger partial charge in [-0.15, -0.1) is 0 Å². The van der Waals surface area contributed by atoms with Crippen LogP contribution < -0.4 is 0 Å². The lowest BCUT2D eigenvalue weighted by Gasteiger charge is -2.31. The second-order valence-corrected chi connectivity index (χ2v) is 9.87. The van der Waals surface area contributed by atoms with Gasteiger partial charge < -0.3 is 8.85 Å². The smallest absolute Gasteiger partial charge is 0.337 e. The molecule has 0 saturated heterocycles. The fourth-order valence-electron chi connectivity index (χ4n) is 1.54. The van der Waals surface area contributed by atoms with Gasteiger partial charge in [0.2, 0.25) is 0 Å². The lowest BCUT2D eigenvalue weighted by molar-refractivity contribution is 0.138. The van der Waals surface area contributed by atoms with Crippen LogP contribution in [0.4, 0.5) is 0 Å². The van der Waals surface area contributed by atoms with E-state index in [1.165, 1.54) is 0 Å². The highest BCUT2D eigenvalue weighted by atomic mass is 79.9. The van der Waals surface area contributed by atoms with Crippen molar-refractivity contribution < 1.29 is 8.85 Å². The first-order valence-corrected chi connectivity index (χ1v) is 10.1. The van der Waals surface area contributed by atoms with Gasteiger partial charge in [-0.25, -0.2) is 0 Å².